The van der Waals surface area contributed by atoms with Gasteiger partial charge in [0, 0.05) is 19.1 Å². The van der Waals surface area contributed by atoms with Crippen molar-refractivity contribution in [2.24, 2.45) is 0 Å². The van der Waals surface area contributed by atoms with E-state index in [4.69, 9.17) is 0 Å². The Balaban J connectivity index is 2.31. The minimum absolute atomic E-state index is 0.207. The Labute approximate surface area is 109 Å². The monoisotopic (exact) mass is 268 g/mol. The second-order valence-electron chi connectivity index (χ2n) is 4.75. The fourth-order valence-corrected chi connectivity index (χ4v) is 4.08. The third-order valence-corrected chi connectivity index (χ3v) is 5.33. The van der Waals surface area contributed by atoms with Crippen LogP contribution in [0, 0.1) is 0 Å². The molecule has 1 atom stereocenters. The third-order valence-electron chi connectivity index (χ3n) is 3.52. The molecule has 1 aliphatic rings. The Kier molecular flexibility index (Phi) is 4.04. The minimum Gasteiger partial charge on any atom is -0.318 e. The van der Waals surface area contributed by atoms with Crippen LogP contribution in [0.25, 0.3) is 0 Å². The number of hydrogen-bond donors (Lipinski definition) is 1. The van der Waals surface area contributed by atoms with Crippen LogP contribution in [0.1, 0.15) is 18.0 Å². The first-order chi connectivity index (χ1) is 8.56. The molecule has 1 aromatic rings. The molecular weight excluding hydrogens is 248 g/mol. The van der Waals surface area contributed by atoms with E-state index in [2.05, 4.69) is 17.3 Å². The molecule has 18 heavy (non-hydrogen) atoms. The Morgan fingerprint density at radius 2 is 2.11 bits per heavy atom. The van der Waals surface area contributed by atoms with Crippen molar-refractivity contribution in [2.75, 3.05) is 32.9 Å². The normalized spacial score (nSPS) is 21.8. The van der Waals surface area contributed by atoms with Crippen molar-refractivity contribution < 1.29 is 8.42 Å². The number of sulfone groups is 1. The van der Waals surface area contributed by atoms with E-state index in [1.807, 2.05) is 19.2 Å². The van der Waals surface area contributed by atoms with Gasteiger partial charge in [-0.15, -0.1) is 0 Å². The van der Waals surface area contributed by atoms with Crippen molar-refractivity contribution in [1.82, 2.24) is 10.2 Å². The Hall–Kier alpha value is -0.910. The molecule has 4 nitrogen and oxygen atoms in total. The molecule has 2 rings (SSSR count). The lowest BCUT2D eigenvalue weighted by molar-refractivity contribution is 0.235. The number of benzene rings is 1. The number of nitrogens with one attached hydrogen (secondary N) is 1. The van der Waals surface area contributed by atoms with Crippen molar-refractivity contribution in [3.8, 4) is 0 Å². The molecule has 5 heteroatoms. The van der Waals surface area contributed by atoms with Crippen LogP contribution >= 0.6 is 0 Å². The zero-order valence-electron chi connectivity index (χ0n) is 10.9. The highest BCUT2D eigenvalue weighted by molar-refractivity contribution is 7.91. The molecule has 0 aliphatic carbocycles. The molecule has 0 spiro atoms. The van der Waals surface area contributed by atoms with E-state index in [0.717, 1.165) is 18.7 Å². The summed E-state index contributed by atoms with van der Waals surface area (Å²) in [5.74, 6) is 0.249. The molecule has 0 bridgehead atoms. The molecule has 1 aliphatic heterocycles. The van der Waals surface area contributed by atoms with Gasteiger partial charge in [-0.05, 0) is 32.1 Å². The lowest BCUT2D eigenvalue weighted by Gasteiger charge is -2.32. The second kappa shape index (κ2) is 5.38. The molecule has 0 saturated heterocycles. The van der Waals surface area contributed by atoms with Crippen LogP contribution in [0.2, 0.25) is 0 Å². The van der Waals surface area contributed by atoms with Gasteiger partial charge in [0.15, 0.2) is 9.84 Å². The number of fused-ring (bicyclic) bond motifs is 1. The van der Waals surface area contributed by atoms with Gasteiger partial charge >= 0.3 is 0 Å². The van der Waals surface area contributed by atoms with Crippen molar-refractivity contribution in [2.45, 2.75) is 17.4 Å². The van der Waals surface area contributed by atoms with Gasteiger partial charge in [0.25, 0.3) is 0 Å². The number of likely N-dealkylation sites (N-methyl/N-ethyl adjacent to an activating group) is 2. The zero-order chi connectivity index (χ0) is 13.2. The summed E-state index contributed by atoms with van der Waals surface area (Å²) in [5, 5.41) is 3.12. The van der Waals surface area contributed by atoms with Gasteiger partial charge < -0.3 is 5.32 Å². The standard InChI is InChI=1S/C13H20N2O2S/c1-14-8-9-15(2)12-7-10-18(16,17)13-6-4-3-5-11(12)13/h3-6,12,14H,7-10H2,1-2H3. The van der Waals surface area contributed by atoms with E-state index in [-0.39, 0.29) is 11.8 Å². The average Bonchev–Trinajstić information content (AvgIpc) is 2.36. The highest BCUT2D eigenvalue weighted by Gasteiger charge is 2.31. The molecule has 0 aromatic heterocycles. The molecule has 0 amide bonds. The van der Waals surface area contributed by atoms with Crippen molar-refractivity contribution in [3.63, 3.8) is 0 Å². The van der Waals surface area contributed by atoms with E-state index < -0.39 is 9.84 Å². The lowest BCUT2D eigenvalue weighted by atomic mass is 10.0. The maximum Gasteiger partial charge on any atom is 0.178 e. The number of hydrogen-bond acceptors (Lipinski definition) is 4. The molecule has 0 saturated carbocycles. The number of nitrogens with zero attached hydrogens (tertiary/aromatic N) is 1. The van der Waals surface area contributed by atoms with Gasteiger partial charge in [0.1, 0.15) is 0 Å². The highest BCUT2D eigenvalue weighted by atomic mass is 32.2. The fraction of sp³-hybridized carbons (Fsp3) is 0.538. The lowest BCUT2D eigenvalue weighted by Crippen LogP contribution is -2.35. The minimum atomic E-state index is -3.07. The predicted molar refractivity (Wildman–Crippen MR) is 72.4 cm³/mol. The Bertz CT molecular complexity index is 513. The van der Waals surface area contributed by atoms with E-state index in [1.54, 1.807) is 12.1 Å². The van der Waals surface area contributed by atoms with Gasteiger partial charge in [-0.25, -0.2) is 8.42 Å². The third kappa shape index (κ3) is 2.58. The summed E-state index contributed by atoms with van der Waals surface area (Å²) < 4.78 is 24.0. The van der Waals surface area contributed by atoms with E-state index in [9.17, 15) is 8.42 Å². The summed E-state index contributed by atoms with van der Waals surface area (Å²) in [6, 6.07) is 7.58. The molecular formula is C13H20N2O2S. The molecule has 1 aromatic carbocycles. The fourth-order valence-electron chi connectivity index (χ4n) is 2.47. The quantitative estimate of drug-likeness (QED) is 0.887. The van der Waals surface area contributed by atoms with Crippen LogP contribution in [0.15, 0.2) is 29.2 Å². The Morgan fingerprint density at radius 1 is 1.39 bits per heavy atom. The molecule has 0 radical (unpaired) electrons. The van der Waals surface area contributed by atoms with Gasteiger partial charge in [0.2, 0.25) is 0 Å². The number of rotatable bonds is 4. The van der Waals surface area contributed by atoms with Crippen LogP contribution in [0.5, 0.6) is 0 Å². The Morgan fingerprint density at radius 3 is 2.83 bits per heavy atom. The molecule has 1 heterocycles. The predicted octanol–water partition coefficient (Wildman–Crippen LogP) is 1.06. The van der Waals surface area contributed by atoms with Crippen molar-refractivity contribution in [3.05, 3.63) is 29.8 Å². The van der Waals surface area contributed by atoms with Crippen LogP contribution < -0.4 is 5.32 Å². The van der Waals surface area contributed by atoms with Crippen LogP contribution in [-0.4, -0.2) is 46.3 Å². The van der Waals surface area contributed by atoms with Gasteiger partial charge in [-0.2, -0.15) is 0 Å². The average molecular weight is 268 g/mol. The molecule has 100 valence electrons. The maximum atomic E-state index is 12.0. The van der Waals surface area contributed by atoms with Crippen LogP contribution in [0.3, 0.4) is 0 Å². The van der Waals surface area contributed by atoms with Gasteiger partial charge in [-0.1, -0.05) is 18.2 Å². The SMILES string of the molecule is CNCCN(C)C1CCS(=O)(=O)c2ccccc21. The first-order valence-electron chi connectivity index (χ1n) is 6.23. The first kappa shape index (κ1) is 13.5. The van der Waals surface area contributed by atoms with E-state index >= 15 is 0 Å². The topological polar surface area (TPSA) is 49.4 Å². The van der Waals surface area contributed by atoms with Crippen LogP contribution in [0.4, 0.5) is 0 Å². The van der Waals surface area contributed by atoms with Gasteiger partial charge in [-0.3, -0.25) is 4.90 Å². The van der Waals surface area contributed by atoms with Crippen molar-refractivity contribution >= 4 is 9.84 Å². The van der Waals surface area contributed by atoms with E-state index in [1.165, 1.54) is 0 Å². The summed E-state index contributed by atoms with van der Waals surface area (Å²) in [7, 11) is 0.905. The van der Waals surface area contributed by atoms with Gasteiger partial charge in [0.05, 0.1) is 10.6 Å². The maximum absolute atomic E-state index is 12.0. The summed E-state index contributed by atoms with van der Waals surface area (Å²) in [6.07, 6.45) is 0.680. The molecule has 0 fully saturated rings. The first-order valence-corrected chi connectivity index (χ1v) is 7.88. The second-order valence-corrected chi connectivity index (χ2v) is 6.82. The summed E-state index contributed by atoms with van der Waals surface area (Å²) in [5.41, 5.74) is 0.947. The summed E-state index contributed by atoms with van der Waals surface area (Å²) >= 11 is 0. The van der Waals surface area contributed by atoms with Crippen LogP contribution in [-0.2, 0) is 9.84 Å². The van der Waals surface area contributed by atoms with Crippen molar-refractivity contribution in [1.29, 1.82) is 0 Å². The smallest absolute Gasteiger partial charge is 0.178 e. The highest BCUT2D eigenvalue weighted by Crippen LogP contribution is 2.34. The molecule has 1 N–H and O–H groups in total. The van der Waals surface area contributed by atoms with E-state index in [0.29, 0.717) is 11.3 Å². The largest absolute Gasteiger partial charge is 0.318 e. The molecule has 1 unspecified atom stereocenters. The summed E-state index contributed by atoms with van der Waals surface area (Å²) in [4.78, 5) is 2.74. The zero-order valence-corrected chi connectivity index (χ0v) is 11.7. The summed E-state index contributed by atoms with van der Waals surface area (Å²) in [6.45, 7) is 1.82.